The Morgan fingerprint density at radius 2 is 2.04 bits per heavy atom. The van der Waals surface area contributed by atoms with E-state index in [1.807, 2.05) is 43.3 Å². The number of nitrogens with zero attached hydrogens (tertiary/aromatic N) is 2. The van der Waals surface area contributed by atoms with E-state index in [1.54, 1.807) is 0 Å². The van der Waals surface area contributed by atoms with Crippen LogP contribution in [0.4, 0.5) is 0 Å². The van der Waals surface area contributed by atoms with Crippen LogP contribution in [0.1, 0.15) is 39.5 Å². The fraction of sp³-hybridized carbons (Fsp3) is 0.381. The van der Waals surface area contributed by atoms with Crippen LogP contribution in [0.25, 0.3) is 20.7 Å². The number of rotatable bonds is 8. The van der Waals surface area contributed by atoms with Gasteiger partial charge in [-0.15, -0.1) is 11.3 Å². The molecule has 5 nitrogen and oxygen atoms in total. The SMILES string of the molecule is CCCCCC(C)NC(=O)Cn1cnc2sc(-c3ccccc3)cc2c1=O. The van der Waals surface area contributed by atoms with Crippen molar-refractivity contribution in [1.29, 1.82) is 0 Å². The summed E-state index contributed by atoms with van der Waals surface area (Å²) in [5.74, 6) is -0.152. The molecule has 1 N–H and O–H groups in total. The van der Waals surface area contributed by atoms with Crippen LogP contribution in [-0.2, 0) is 11.3 Å². The number of fused-ring (bicyclic) bond motifs is 1. The van der Waals surface area contributed by atoms with Crippen LogP contribution in [0.2, 0.25) is 0 Å². The second-order valence-corrected chi connectivity index (χ2v) is 7.87. The van der Waals surface area contributed by atoms with Gasteiger partial charge in [0.1, 0.15) is 11.4 Å². The van der Waals surface area contributed by atoms with E-state index in [0.29, 0.717) is 10.2 Å². The van der Waals surface area contributed by atoms with E-state index in [9.17, 15) is 9.59 Å². The molecule has 6 heteroatoms. The molecule has 1 aromatic carbocycles. The summed E-state index contributed by atoms with van der Waals surface area (Å²) >= 11 is 1.49. The molecule has 0 saturated carbocycles. The molecule has 3 aromatic rings. The zero-order valence-corrected chi connectivity index (χ0v) is 16.6. The summed E-state index contributed by atoms with van der Waals surface area (Å²) in [4.78, 5) is 31.1. The van der Waals surface area contributed by atoms with Gasteiger partial charge in [-0.2, -0.15) is 0 Å². The number of thiophene rings is 1. The molecule has 3 rings (SSSR count). The van der Waals surface area contributed by atoms with Crippen molar-refractivity contribution in [3.05, 3.63) is 53.1 Å². The number of amides is 1. The number of nitrogens with one attached hydrogen (secondary N) is 1. The highest BCUT2D eigenvalue weighted by molar-refractivity contribution is 7.21. The van der Waals surface area contributed by atoms with E-state index < -0.39 is 0 Å². The molecule has 0 bridgehead atoms. The van der Waals surface area contributed by atoms with Gasteiger partial charge in [0.2, 0.25) is 5.91 Å². The first kappa shape index (κ1) is 19.3. The standard InChI is InChI=1S/C21H25N3O2S/c1-3-4-6-9-15(2)23-19(25)13-24-14-22-20-17(21(24)26)12-18(27-20)16-10-7-5-8-11-16/h5,7-8,10-12,14-15H,3-4,6,9,13H2,1-2H3,(H,23,25). The topological polar surface area (TPSA) is 64.0 Å². The minimum absolute atomic E-state index is 0.00356. The summed E-state index contributed by atoms with van der Waals surface area (Å²) in [7, 11) is 0. The third kappa shape index (κ3) is 4.83. The number of hydrogen-bond donors (Lipinski definition) is 1. The lowest BCUT2D eigenvalue weighted by Gasteiger charge is -2.14. The van der Waals surface area contributed by atoms with Crippen molar-refractivity contribution in [3.63, 3.8) is 0 Å². The molecule has 0 aliphatic rings. The van der Waals surface area contributed by atoms with Crippen molar-refractivity contribution >= 4 is 27.5 Å². The predicted octanol–water partition coefficient (Wildman–Crippen LogP) is 4.21. The second kappa shape index (κ2) is 8.95. The molecule has 142 valence electrons. The number of aromatic nitrogens is 2. The maximum Gasteiger partial charge on any atom is 0.262 e. The highest BCUT2D eigenvalue weighted by Crippen LogP contribution is 2.30. The minimum atomic E-state index is -0.174. The zero-order valence-electron chi connectivity index (χ0n) is 15.8. The first-order chi connectivity index (χ1) is 13.1. The third-order valence-electron chi connectivity index (χ3n) is 4.54. The first-order valence-corrected chi connectivity index (χ1v) is 10.2. The van der Waals surface area contributed by atoms with Gasteiger partial charge in [-0.3, -0.25) is 14.2 Å². The predicted molar refractivity (Wildman–Crippen MR) is 111 cm³/mol. The number of hydrogen-bond acceptors (Lipinski definition) is 4. The fourth-order valence-corrected chi connectivity index (χ4v) is 4.06. The van der Waals surface area contributed by atoms with Crippen LogP contribution in [-0.4, -0.2) is 21.5 Å². The summed E-state index contributed by atoms with van der Waals surface area (Å²) < 4.78 is 1.39. The van der Waals surface area contributed by atoms with Gasteiger partial charge in [-0.1, -0.05) is 56.5 Å². The van der Waals surface area contributed by atoms with Crippen molar-refractivity contribution in [2.45, 2.75) is 52.1 Å². The molecule has 1 atom stereocenters. The van der Waals surface area contributed by atoms with Gasteiger partial charge in [0, 0.05) is 10.9 Å². The van der Waals surface area contributed by atoms with Crippen molar-refractivity contribution in [1.82, 2.24) is 14.9 Å². The fourth-order valence-electron chi connectivity index (χ4n) is 3.06. The largest absolute Gasteiger partial charge is 0.352 e. The molecule has 27 heavy (non-hydrogen) atoms. The van der Waals surface area contributed by atoms with E-state index in [1.165, 1.54) is 28.7 Å². The Morgan fingerprint density at radius 3 is 2.78 bits per heavy atom. The van der Waals surface area contributed by atoms with Crippen LogP contribution in [0.15, 0.2) is 47.5 Å². The molecule has 0 aliphatic heterocycles. The Labute approximate surface area is 163 Å². The van der Waals surface area contributed by atoms with Crippen LogP contribution < -0.4 is 10.9 Å². The van der Waals surface area contributed by atoms with Gasteiger partial charge in [0.05, 0.1) is 11.7 Å². The number of carbonyl (C=O) groups excluding carboxylic acids is 1. The quantitative estimate of drug-likeness (QED) is 0.593. The lowest BCUT2D eigenvalue weighted by molar-refractivity contribution is -0.122. The molecular formula is C21H25N3O2S. The molecule has 0 fully saturated rings. The Kier molecular flexibility index (Phi) is 6.40. The summed E-state index contributed by atoms with van der Waals surface area (Å²) in [6, 6.07) is 11.9. The molecular weight excluding hydrogens is 358 g/mol. The van der Waals surface area contributed by atoms with Crippen LogP contribution in [0.5, 0.6) is 0 Å². The zero-order chi connectivity index (χ0) is 19.2. The highest BCUT2D eigenvalue weighted by Gasteiger charge is 2.13. The molecule has 2 aromatic heterocycles. The van der Waals surface area contributed by atoms with Crippen molar-refractivity contribution in [2.75, 3.05) is 0 Å². The number of benzene rings is 1. The average molecular weight is 384 g/mol. The molecule has 0 radical (unpaired) electrons. The maximum absolute atomic E-state index is 12.8. The average Bonchev–Trinajstić information content (AvgIpc) is 3.10. The van der Waals surface area contributed by atoms with Gasteiger partial charge in [-0.25, -0.2) is 4.98 Å². The Balaban J connectivity index is 1.73. The van der Waals surface area contributed by atoms with Crippen molar-refractivity contribution in [2.24, 2.45) is 0 Å². The third-order valence-corrected chi connectivity index (χ3v) is 5.63. The first-order valence-electron chi connectivity index (χ1n) is 9.42. The Hall–Kier alpha value is -2.47. The summed E-state index contributed by atoms with van der Waals surface area (Å²) in [6.45, 7) is 4.16. The highest BCUT2D eigenvalue weighted by atomic mass is 32.1. The molecule has 0 aliphatic carbocycles. The summed E-state index contributed by atoms with van der Waals surface area (Å²) in [6.07, 6.45) is 5.85. The normalized spacial score (nSPS) is 12.2. The maximum atomic E-state index is 12.8. The Morgan fingerprint density at radius 1 is 1.26 bits per heavy atom. The molecule has 0 saturated heterocycles. The van der Waals surface area contributed by atoms with Crippen LogP contribution in [0.3, 0.4) is 0 Å². The van der Waals surface area contributed by atoms with Gasteiger partial charge >= 0.3 is 0 Å². The lowest BCUT2D eigenvalue weighted by atomic mass is 10.1. The Bertz CT molecular complexity index is 962. The van der Waals surface area contributed by atoms with Crippen LogP contribution in [0, 0.1) is 0 Å². The monoisotopic (exact) mass is 383 g/mol. The van der Waals surface area contributed by atoms with Crippen molar-refractivity contribution < 1.29 is 4.79 Å². The molecule has 2 heterocycles. The van der Waals surface area contributed by atoms with E-state index in [0.717, 1.165) is 29.7 Å². The van der Waals surface area contributed by atoms with Crippen molar-refractivity contribution in [3.8, 4) is 10.4 Å². The van der Waals surface area contributed by atoms with E-state index in [2.05, 4.69) is 17.2 Å². The molecule has 1 amide bonds. The van der Waals surface area contributed by atoms with E-state index >= 15 is 0 Å². The van der Waals surface area contributed by atoms with Gasteiger partial charge in [-0.05, 0) is 25.0 Å². The number of unbranched alkanes of at least 4 members (excludes halogenated alkanes) is 2. The summed E-state index contributed by atoms with van der Waals surface area (Å²) in [5, 5.41) is 3.53. The van der Waals surface area contributed by atoms with Gasteiger partial charge in [0.15, 0.2) is 0 Å². The summed E-state index contributed by atoms with van der Waals surface area (Å²) in [5.41, 5.74) is 0.886. The molecule has 1 unspecified atom stereocenters. The van der Waals surface area contributed by atoms with Crippen LogP contribution >= 0.6 is 11.3 Å². The van der Waals surface area contributed by atoms with E-state index in [4.69, 9.17) is 0 Å². The van der Waals surface area contributed by atoms with Gasteiger partial charge in [0.25, 0.3) is 5.56 Å². The molecule has 0 spiro atoms. The van der Waals surface area contributed by atoms with E-state index in [-0.39, 0.29) is 24.1 Å². The lowest BCUT2D eigenvalue weighted by Crippen LogP contribution is -2.37. The smallest absolute Gasteiger partial charge is 0.262 e. The van der Waals surface area contributed by atoms with Gasteiger partial charge < -0.3 is 5.32 Å². The second-order valence-electron chi connectivity index (χ2n) is 6.84. The number of carbonyl (C=O) groups is 1. The minimum Gasteiger partial charge on any atom is -0.352 e.